The molecule has 1 N–H and O–H groups in total. The van der Waals surface area contributed by atoms with E-state index < -0.39 is 0 Å². The monoisotopic (exact) mass is 269 g/mol. The molecule has 19 heavy (non-hydrogen) atoms. The van der Waals surface area contributed by atoms with Crippen LogP contribution in [0.2, 0.25) is 0 Å². The number of nitrogens with one attached hydrogen (secondary N) is 1. The van der Waals surface area contributed by atoms with Gasteiger partial charge in [0.05, 0.1) is 10.5 Å². The summed E-state index contributed by atoms with van der Waals surface area (Å²) in [6.07, 6.45) is 4.72. The van der Waals surface area contributed by atoms with Crippen molar-refractivity contribution in [2.75, 3.05) is 6.54 Å². The normalized spacial score (nSPS) is 10.9. The quantitative estimate of drug-likeness (QED) is 0.723. The van der Waals surface area contributed by atoms with Crippen LogP contribution in [0.4, 0.5) is 0 Å². The van der Waals surface area contributed by atoms with Gasteiger partial charge in [-0.1, -0.05) is 18.2 Å². The lowest BCUT2D eigenvalue weighted by Gasteiger charge is -2.07. The first-order valence-electron chi connectivity index (χ1n) is 6.35. The smallest absolute Gasteiger partial charge is 0.0937 e. The molecule has 3 rings (SSSR count). The number of rotatable bonds is 5. The summed E-state index contributed by atoms with van der Waals surface area (Å²) in [5, 5.41) is 7.91. The van der Waals surface area contributed by atoms with Crippen LogP contribution in [0.25, 0.3) is 10.9 Å². The van der Waals surface area contributed by atoms with Crippen LogP contribution in [-0.2, 0) is 13.0 Å². The lowest BCUT2D eigenvalue weighted by atomic mass is 10.1. The van der Waals surface area contributed by atoms with Crippen LogP contribution in [0, 0.1) is 0 Å². The van der Waals surface area contributed by atoms with Gasteiger partial charge in [0.25, 0.3) is 0 Å². The molecule has 3 nitrogen and oxygen atoms in total. The van der Waals surface area contributed by atoms with Crippen molar-refractivity contribution in [3.8, 4) is 0 Å². The third-order valence-corrected chi connectivity index (χ3v) is 3.89. The Labute approximate surface area is 116 Å². The fourth-order valence-electron chi connectivity index (χ4n) is 2.10. The van der Waals surface area contributed by atoms with E-state index in [-0.39, 0.29) is 0 Å². The first-order chi connectivity index (χ1) is 9.43. The Kier molecular flexibility index (Phi) is 3.81. The van der Waals surface area contributed by atoms with E-state index in [1.54, 1.807) is 11.3 Å². The number of aromatic nitrogens is 2. The van der Waals surface area contributed by atoms with Crippen LogP contribution in [-0.4, -0.2) is 16.5 Å². The van der Waals surface area contributed by atoms with Gasteiger partial charge < -0.3 is 5.32 Å². The predicted molar refractivity (Wildman–Crippen MR) is 79.3 cm³/mol. The molecule has 0 unspecified atom stereocenters. The van der Waals surface area contributed by atoms with E-state index in [1.165, 1.54) is 16.0 Å². The second kappa shape index (κ2) is 5.91. The highest BCUT2D eigenvalue weighted by Gasteiger charge is 2.01. The fourth-order valence-corrected chi connectivity index (χ4v) is 2.72. The van der Waals surface area contributed by atoms with Crippen LogP contribution in [0.5, 0.6) is 0 Å². The molecule has 4 heteroatoms. The van der Waals surface area contributed by atoms with E-state index in [0.29, 0.717) is 0 Å². The van der Waals surface area contributed by atoms with Crippen molar-refractivity contribution in [2.24, 2.45) is 0 Å². The summed E-state index contributed by atoms with van der Waals surface area (Å²) >= 11 is 1.71. The standard InChI is InChI=1S/C15H15N3S/c1-2-4-14-13(3-1)12(5-8-17-14)11-16-7-6-15-18-9-10-19-15/h1-5,8-10,16H,6-7,11H2. The molecule has 0 radical (unpaired) electrons. The van der Waals surface area contributed by atoms with Crippen molar-refractivity contribution in [1.29, 1.82) is 0 Å². The molecule has 96 valence electrons. The lowest BCUT2D eigenvalue weighted by molar-refractivity contribution is 0.687. The van der Waals surface area contributed by atoms with Gasteiger partial charge in [-0.2, -0.15) is 0 Å². The van der Waals surface area contributed by atoms with E-state index in [1.807, 2.05) is 23.8 Å². The van der Waals surface area contributed by atoms with Crippen molar-refractivity contribution >= 4 is 22.2 Å². The summed E-state index contributed by atoms with van der Waals surface area (Å²) in [5.74, 6) is 0. The van der Waals surface area contributed by atoms with Gasteiger partial charge in [-0.25, -0.2) is 4.98 Å². The van der Waals surface area contributed by atoms with Gasteiger partial charge in [0.1, 0.15) is 0 Å². The van der Waals surface area contributed by atoms with E-state index in [4.69, 9.17) is 0 Å². The molecule has 0 aliphatic heterocycles. The molecule has 0 atom stereocenters. The minimum atomic E-state index is 0.869. The molecule has 3 aromatic rings. The third kappa shape index (κ3) is 2.97. The fraction of sp³-hybridized carbons (Fsp3) is 0.200. The van der Waals surface area contributed by atoms with Gasteiger partial charge >= 0.3 is 0 Å². The predicted octanol–water partition coefficient (Wildman–Crippen LogP) is 3.02. The largest absolute Gasteiger partial charge is 0.312 e. The molecular formula is C15H15N3S. The van der Waals surface area contributed by atoms with E-state index in [9.17, 15) is 0 Å². The minimum Gasteiger partial charge on any atom is -0.312 e. The van der Waals surface area contributed by atoms with E-state index in [0.717, 1.165) is 25.0 Å². The van der Waals surface area contributed by atoms with Crippen LogP contribution < -0.4 is 5.32 Å². The maximum absolute atomic E-state index is 4.37. The SMILES string of the molecule is c1ccc2c(CNCCc3nccs3)ccnc2c1. The van der Waals surface area contributed by atoms with Gasteiger partial charge in [0.2, 0.25) is 0 Å². The topological polar surface area (TPSA) is 37.8 Å². The molecule has 0 aliphatic carbocycles. The zero-order chi connectivity index (χ0) is 12.9. The molecule has 2 heterocycles. The van der Waals surface area contributed by atoms with Crippen molar-refractivity contribution in [2.45, 2.75) is 13.0 Å². The van der Waals surface area contributed by atoms with Crippen molar-refractivity contribution in [3.63, 3.8) is 0 Å². The average molecular weight is 269 g/mol. The number of pyridine rings is 1. The van der Waals surface area contributed by atoms with Crippen molar-refractivity contribution in [1.82, 2.24) is 15.3 Å². The number of hydrogen-bond acceptors (Lipinski definition) is 4. The summed E-state index contributed by atoms with van der Waals surface area (Å²) in [5.41, 5.74) is 2.35. The zero-order valence-electron chi connectivity index (χ0n) is 10.5. The van der Waals surface area contributed by atoms with Crippen molar-refractivity contribution < 1.29 is 0 Å². The van der Waals surface area contributed by atoms with Crippen molar-refractivity contribution in [3.05, 3.63) is 58.7 Å². The van der Waals surface area contributed by atoms with Crippen LogP contribution in [0.3, 0.4) is 0 Å². The number of benzene rings is 1. The zero-order valence-corrected chi connectivity index (χ0v) is 11.4. The van der Waals surface area contributed by atoms with Crippen LogP contribution in [0.1, 0.15) is 10.6 Å². The first kappa shape index (κ1) is 12.3. The molecule has 0 saturated heterocycles. The molecule has 0 saturated carbocycles. The molecule has 0 bridgehead atoms. The van der Waals surface area contributed by atoms with E-state index >= 15 is 0 Å². The Hall–Kier alpha value is -1.78. The average Bonchev–Trinajstić information content (AvgIpc) is 2.97. The number of nitrogens with zero attached hydrogens (tertiary/aromatic N) is 2. The second-order valence-corrected chi connectivity index (χ2v) is 5.32. The maximum Gasteiger partial charge on any atom is 0.0937 e. The Bertz CT molecular complexity index is 644. The van der Waals surface area contributed by atoms with Gasteiger partial charge in [-0.15, -0.1) is 11.3 Å². The molecule has 0 fully saturated rings. The molecule has 1 aromatic carbocycles. The number of hydrogen-bond donors (Lipinski definition) is 1. The Morgan fingerprint density at radius 1 is 1.05 bits per heavy atom. The van der Waals surface area contributed by atoms with Gasteiger partial charge in [-0.3, -0.25) is 4.98 Å². The van der Waals surface area contributed by atoms with Crippen LogP contribution >= 0.6 is 11.3 Å². The number of fused-ring (bicyclic) bond motifs is 1. The summed E-state index contributed by atoms with van der Waals surface area (Å²) < 4.78 is 0. The highest BCUT2D eigenvalue weighted by Crippen LogP contribution is 2.15. The Morgan fingerprint density at radius 3 is 2.89 bits per heavy atom. The highest BCUT2D eigenvalue weighted by atomic mass is 32.1. The molecule has 0 amide bonds. The molecule has 2 aromatic heterocycles. The Morgan fingerprint density at radius 2 is 2.00 bits per heavy atom. The second-order valence-electron chi connectivity index (χ2n) is 4.34. The summed E-state index contributed by atoms with van der Waals surface area (Å²) in [6, 6.07) is 10.3. The molecule has 0 aliphatic rings. The Balaban J connectivity index is 1.62. The summed E-state index contributed by atoms with van der Waals surface area (Å²) in [7, 11) is 0. The lowest BCUT2D eigenvalue weighted by Crippen LogP contribution is -2.16. The number of thiazole rings is 1. The van der Waals surface area contributed by atoms with E-state index in [2.05, 4.69) is 39.6 Å². The van der Waals surface area contributed by atoms with Gasteiger partial charge in [-0.05, 0) is 17.7 Å². The first-order valence-corrected chi connectivity index (χ1v) is 7.23. The van der Waals surface area contributed by atoms with Gasteiger partial charge in [0.15, 0.2) is 0 Å². The maximum atomic E-state index is 4.37. The van der Waals surface area contributed by atoms with Crippen LogP contribution in [0.15, 0.2) is 48.1 Å². The summed E-state index contributed by atoms with van der Waals surface area (Å²) in [4.78, 5) is 8.65. The summed E-state index contributed by atoms with van der Waals surface area (Å²) in [6.45, 7) is 1.82. The van der Waals surface area contributed by atoms with Gasteiger partial charge in [0, 0.05) is 42.7 Å². The third-order valence-electron chi connectivity index (χ3n) is 3.05. The number of para-hydroxylation sites is 1. The molecular weight excluding hydrogens is 254 g/mol. The molecule has 0 spiro atoms. The minimum absolute atomic E-state index is 0.869. The highest BCUT2D eigenvalue weighted by molar-refractivity contribution is 7.09.